The molecule has 0 aliphatic carbocycles. The molecule has 1 amide bonds. The first kappa shape index (κ1) is 10.7. The minimum Gasteiger partial charge on any atom is -0.446 e. The highest BCUT2D eigenvalue weighted by molar-refractivity contribution is 9.07. The fourth-order valence-corrected chi connectivity index (χ4v) is 2.54. The van der Waals surface area contributed by atoms with Crippen molar-refractivity contribution in [3.05, 3.63) is 0 Å². The molecule has 1 atom stereocenters. The van der Waals surface area contributed by atoms with E-state index in [2.05, 4.69) is 20.9 Å². The number of carbonyl (C=O) groups is 1. The summed E-state index contributed by atoms with van der Waals surface area (Å²) in [4.78, 5) is 10.9. The molecule has 0 aromatic rings. The third-order valence-corrected chi connectivity index (χ3v) is 3.77. The predicted molar refractivity (Wildman–Crippen MR) is 46.9 cm³/mol. The molecule has 1 unspecified atom stereocenters. The topological polar surface area (TPSA) is 83.9 Å². The Bertz CT molecular complexity index is 328. The number of ether oxygens (including phenoxy) is 1. The van der Waals surface area contributed by atoms with Gasteiger partial charge in [-0.2, -0.15) is 8.42 Å². The predicted octanol–water partition coefficient (Wildman–Crippen LogP) is 0.395. The van der Waals surface area contributed by atoms with Crippen molar-refractivity contribution in [2.24, 2.45) is 0 Å². The lowest BCUT2D eigenvalue weighted by Crippen LogP contribution is -2.44. The van der Waals surface area contributed by atoms with Gasteiger partial charge in [-0.3, -0.25) is 4.55 Å². The second-order valence-corrected chi connectivity index (χ2v) is 5.22. The minimum absolute atomic E-state index is 0.0725. The largest absolute Gasteiger partial charge is 0.446 e. The Labute approximate surface area is 83.9 Å². The van der Waals surface area contributed by atoms with Crippen LogP contribution in [-0.4, -0.2) is 40.9 Å². The van der Waals surface area contributed by atoms with E-state index in [0.717, 1.165) is 3.93 Å². The summed E-state index contributed by atoms with van der Waals surface area (Å²) in [5, 5.41) is 0. The van der Waals surface area contributed by atoms with E-state index in [-0.39, 0.29) is 6.61 Å². The van der Waals surface area contributed by atoms with Crippen LogP contribution in [0.5, 0.6) is 0 Å². The fourth-order valence-electron chi connectivity index (χ4n) is 1.04. The lowest BCUT2D eigenvalue weighted by molar-refractivity contribution is 0.171. The Morgan fingerprint density at radius 3 is 2.62 bits per heavy atom. The van der Waals surface area contributed by atoms with Gasteiger partial charge in [0.25, 0.3) is 10.1 Å². The molecule has 1 saturated heterocycles. The van der Waals surface area contributed by atoms with Crippen LogP contribution in [0.1, 0.15) is 6.92 Å². The van der Waals surface area contributed by atoms with Crippen molar-refractivity contribution in [1.82, 2.24) is 3.93 Å². The van der Waals surface area contributed by atoms with Gasteiger partial charge in [0.2, 0.25) is 0 Å². The van der Waals surface area contributed by atoms with Crippen LogP contribution in [0, 0.1) is 0 Å². The summed E-state index contributed by atoms with van der Waals surface area (Å²) in [5.41, 5.74) is -1.05. The zero-order valence-electron chi connectivity index (χ0n) is 6.73. The molecule has 6 nitrogen and oxygen atoms in total. The molecule has 1 N–H and O–H groups in total. The van der Waals surface area contributed by atoms with E-state index in [0.29, 0.717) is 0 Å². The van der Waals surface area contributed by atoms with Crippen LogP contribution in [0.4, 0.5) is 4.79 Å². The summed E-state index contributed by atoms with van der Waals surface area (Å²) in [6, 6.07) is 0. The molecule has 0 aromatic carbocycles. The number of amides is 1. The molecule has 0 spiro atoms. The van der Waals surface area contributed by atoms with Crippen LogP contribution in [0.2, 0.25) is 0 Å². The molecule has 76 valence electrons. The van der Waals surface area contributed by atoms with Gasteiger partial charge in [-0.05, 0) is 6.92 Å². The lowest BCUT2D eigenvalue weighted by atomic mass is 10.1. The van der Waals surface area contributed by atoms with Gasteiger partial charge in [-0.15, -0.1) is 0 Å². The van der Waals surface area contributed by atoms with Crippen molar-refractivity contribution in [3.8, 4) is 0 Å². The van der Waals surface area contributed by atoms with Crippen LogP contribution in [0.25, 0.3) is 0 Å². The molecule has 1 fully saturated rings. The van der Waals surface area contributed by atoms with Crippen LogP contribution < -0.4 is 0 Å². The van der Waals surface area contributed by atoms with Crippen LogP contribution in [0.3, 0.4) is 0 Å². The van der Waals surface area contributed by atoms with Crippen molar-refractivity contribution < 1.29 is 22.5 Å². The monoisotopic (exact) mass is 273 g/mol. The normalized spacial score (nSPS) is 29.2. The molecule has 1 aliphatic heterocycles. The molecule has 0 aromatic heterocycles. The number of rotatable bonds is 2. The van der Waals surface area contributed by atoms with Crippen molar-refractivity contribution in [1.29, 1.82) is 0 Å². The standard InChI is InChI=1S/C5H8BrNO5S/c1-5(3-13(9,10)11)2-12-4(8)7(5)6/h2-3H2,1H3,(H,9,10,11). The second kappa shape index (κ2) is 3.10. The van der Waals surface area contributed by atoms with Gasteiger partial charge in [0, 0.05) is 0 Å². The number of cyclic esters (lactones) is 1. The Balaban J connectivity index is 2.85. The average Bonchev–Trinajstić information content (AvgIpc) is 2.14. The van der Waals surface area contributed by atoms with E-state index < -0.39 is 27.5 Å². The smallest absolute Gasteiger partial charge is 0.420 e. The summed E-state index contributed by atoms with van der Waals surface area (Å²) in [6.45, 7) is 1.41. The van der Waals surface area contributed by atoms with E-state index in [4.69, 9.17) is 4.55 Å². The number of carbonyl (C=O) groups excluding carboxylic acids is 1. The van der Waals surface area contributed by atoms with Crippen molar-refractivity contribution in [2.75, 3.05) is 12.4 Å². The van der Waals surface area contributed by atoms with E-state index in [1.807, 2.05) is 0 Å². The maximum absolute atomic E-state index is 10.9. The minimum atomic E-state index is -4.13. The Hall–Kier alpha value is -0.340. The molecule has 1 rings (SSSR count). The van der Waals surface area contributed by atoms with E-state index in [1.165, 1.54) is 6.92 Å². The first-order valence-electron chi connectivity index (χ1n) is 3.32. The molecular formula is C5H8BrNO5S. The van der Waals surface area contributed by atoms with E-state index in [1.54, 1.807) is 0 Å². The zero-order chi connectivity index (χ0) is 10.3. The number of nitrogens with zero attached hydrogens (tertiary/aromatic N) is 1. The molecule has 0 radical (unpaired) electrons. The highest BCUT2D eigenvalue weighted by atomic mass is 79.9. The SMILES string of the molecule is CC1(CS(=O)(=O)O)COC(=O)N1Br. The highest BCUT2D eigenvalue weighted by Gasteiger charge is 2.45. The highest BCUT2D eigenvalue weighted by Crippen LogP contribution is 2.28. The maximum atomic E-state index is 10.9. The summed E-state index contributed by atoms with van der Waals surface area (Å²) < 4.78 is 35.3. The van der Waals surface area contributed by atoms with Gasteiger partial charge in [-0.1, -0.05) is 0 Å². The first-order chi connectivity index (χ1) is 5.75. The summed E-state index contributed by atoms with van der Waals surface area (Å²) in [7, 11) is -4.13. The first-order valence-corrected chi connectivity index (χ1v) is 5.64. The van der Waals surface area contributed by atoms with Crippen molar-refractivity contribution in [2.45, 2.75) is 12.5 Å². The fraction of sp³-hybridized carbons (Fsp3) is 0.800. The van der Waals surface area contributed by atoms with Crippen molar-refractivity contribution in [3.63, 3.8) is 0 Å². The van der Waals surface area contributed by atoms with Crippen LogP contribution >= 0.6 is 16.1 Å². The van der Waals surface area contributed by atoms with Crippen LogP contribution in [-0.2, 0) is 14.9 Å². The van der Waals surface area contributed by atoms with Crippen LogP contribution in [0.15, 0.2) is 0 Å². The Morgan fingerprint density at radius 2 is 2.31 bits per heavy atom. The van der Waals surface area contributed by atoms with Gasteiger partial charge in [0.05, 0.1) is 16.1 Å². The summed E-state index contributed by atoms with van der Waals surface area (Å²) >= 11 is 2.86. The van der Waals surface area contributed by atoms with Gasteiger partial charge >= 0.3 is 6.09 Å². The molecule has 13 heavy (non-hydrogen) atoms. The second-order valence-electron chi connectivity index (χ2n) is 3.06. The van der Waals surface area contributed by atoms with E-state index >= 15 is 0 Å². The summed E-state index contributed by atoms with van der Waals surface area (Å²) in [5.74, 6) is -0.559. The number of halogens is 1. The maximum Gasteiger partial charge on any atom is 0.420 e. The Morgan fingerprint density at radius 1 is 1.77 bits per heavy atom. The molecule has 0 bridgehead atoms. The average molecular weight is 274 g/mol. The van der Waals surface area contributed by atoms with Gasteiger partial charge in [0.1, 0.15) is 17.9 Å². The molecule has 1 aliphatic rings. The van der Waals surface area contributed by atoms with Gasteiger partial charge in [0.15, 0.2) is 0 Å². The quantitative estimate of drug-likeness (QED) is 0.582. The lowest BCUT2D eigenvalue weighted by Gasteiger charge is -2.24. The Kier molecular flexibility index (Phi) is 2.56. The third-order valence-electron chi connectivity index (χ3n) is 1.63. The molecule has 8 heteroatoms. The van der Waals surface area contributed by atoms with E-state index in [9.17, 15) is 13.2 Å². The summed E-state index contributed by atoms with van der Waals surface area (Å²) in [6.07, 6.45) is -0.661. The van der Waals surface area contributed by atoms with Crippen molar-refractivity contribution >= 4 is 32.4 Å². The number of hydrogen-bond acceptors (Lipinski definition) is 4. The number of hydrogen-bond donors (Lipinski definition) is 1. The van der Waals surface area contributed by atoms with Gasteiger partial charge in [-0.25, -0.2) is 8.72 Å². The zero-order valence-corrected chi connectivity index (χ0v) is 9.13. The molecule has 0 saturated carbocycles. The molecular weight excluding hydrogens is 266 g/mol. The molecule has 1 heterocycles. The van der Waals surface area contributed by atoms with Gasteiger partial charge < -0.3 is 4.74 Å². The third kappa shape index (κ3) is 2.32.